The zero-order chi connectivity index (χ0) is 15.1. The van der Waals surface area contributed by atoms with E-state index in [9.17, 15) is 4.79 Å². The minimum atomic E-state index is -0.0894. The molecule has 1 amide bonds. The molecule has 1 atom stereocenters. The van der Waals surface area contributed by atoms with Crippen molar-refractivity contribution in [1.82, 2.24) is 4.90 Å². The molecule has 0 spiro atoms. The second kappa shape index (κ2) is 7.74. The topological polar surface area (TPSA) is 91.4 Å². The molecular formula is C15H20N4O2. The third-order valence-electron chi connectivity index (χ3n) is 3.46. The number of ether oxygens (including phenoxy) is 1. The number of amides is 1. The predicted molar refractivity (Wildman–Crippen MR) is 79.6 cm³/mol. The van der Waals surface area contributed by atoms with Crippen LogP contribution in [-0.2, 0) is 9.53 Å². The van der Waals surface area contributed by atoms with Gasteiger partial charge in [0.15, 0.2) is 0 Å². The average molecular weight is 288 g/mol. The van der Waals surface area contributed by atoms with Crippen LogP contribution in [0.3, 0.4) is 0 Å². The molecule has 0 radical (unpaired) electrons. The fourth-order valence-corrected chi connectivity index (χ4v) is 2.29. The highest BCUT2D eigenvalue weighted by atomic mass is 16.5. The zero-order valence-electron chi connectivity index (χ0n) is 11.9. The van der Waals surface area contributed by atoms with Crippen LogP contribution < -0.4 is 11.1 Å². The van der Waals surface area contributed by atoms with Crippen molar-refractivity contribution in [3.05, 3.63) is 29.8 Å². The number of hydrogen-bond donors (Lipinski definition) is 2. The van der Waals surface area contributed by atoms with Gasteiger partial charge in [0.25, 0.3) is 0 Å². The van der Waals surface area contributed by atoms with Crippen molar-refractivity contribution in [2.24, 2.45) is 5.73 Å². The van der Waals surface area contributed by atoms with Crippen LogP contribution in [-0.4, -0.2) is 49.7 Å². The minimum absolute atomic E-state index is 0.0566. The number of nitrogens with two attached hydrogens (primary N) is 1. The smallest absolute Gasteiger partial charge is 0.225 e. The number of nitrogens with zero attached hydrogens (tertiary/aromatic N) is 2. The highest BCUT2D eigenvalue weighted by Gasteiger charge is 2.19. The van der Waals surface area contributed by atoms with Gasteiger partial charge in [-0.3, -0.25) is 9.69 Å². The summed E-state index contributed by atoms with van der Waals surface area (Å²) in [5, 5.41) is 11.8. The van der Waals surface area contributed by atoms with Gasteiger partial charge in [0.05, 0.1) is 24.0 Å². The first-order valence-electron chi connectivity index (χ1n) is 7.06. The summed E-state index contributed by atoms with van der Waals surface area (Å²) in [4.78, 5) is 14.1. The van der Waals surface area contributed by atoms with Crippen LogP contribution >= 0.6 is 0 Å². The van der Waals surface area contributed by atoms with Crippen LogP contribution in [0.4, 0.5) is 5.69 Å². The number of carbonyl (C=O) groups excluding carboxylic acids is 1. The fourth-order valence-electron chi connectivity index (χ4n) is 2.29. The Hall–Kier alpha value is -1.94. The molecule has 1 heterocycles. The molecule has 1 aromatic carbocycles. The van der Waals surface area contributed by atoms with E-state index in [1.165, 1.54) is 0 Å². The van der Waals surface area contributed by atoms with Gasteiger partial charge in [-0.25, -0.2) is 0 Å². The van der Waals surface area contributed by atoms with Crippen molar-refractivity contribution in [1.29, 1.82) is 5.26 Å². The van der Waals surface area contributed by atoms with Gasteiger partial charge in [-0.15, -0.1) is 0 Å². The normalized spacial score (nSPS) is 19.0. The first-order chi connectivity index (χ1) is 10.2. The summed E-state index contributed by atoms with van der Waals surface area (Å²) >= 11 is 0. The molecule has 2 rings (SSSR count). The highest BCUT2D eigenvalue weighted by Crippen LogP contribution is 2.14. The van der Waals surface area contributed by atoms with Crippen LogP contribution in [0.15, 0.2) is 24.3 Å². The average Bonchev–Trinajstić information content (AvgIpc) is 2.53. The number of hydrogen-bond acceptors (Lipinski definition) is 5. The van der Waals surface area contributed by atoms with E-state index in [2.05, 4.69) is 16.3 Å². The molecule has 1 unspecified atom stereocenters. The lowest BCUT2D eigenvalue weighted by molar-refractivity contribution is -0.117. The third-order valence-corrected chi connectivity index (χ3v) is 3.46. The maximum atomic E-state index is 12.0. The monoisotopic (exact) mass is 288 g/mol. The van der Waals surface area contributed by atoms with E-state index in [-0.39, 0.29) is 12.0 Å². The summed E-state index contributed by atoms with van der Waals surface area (Å²) in [6.07, 6.45) is 0.443. The molecule has 1 aromatic rings. The van der Waals surface area contributed by atoms with E-state index < -0.39 is 0 Å². The lowest BCUT2D eigenvalue weighted by Gasteiger charge is -2.32. The van der Waals surface area contributed by atoms with Gasteiger partial charge < -0.3 is 15.8 Å². The number of nitriles is 1. The number of para-hydroxylation sites is 1. The Morgan fingerprint density at radius 3 is 3.10 bits per heavy atom. The molecule has 112 valence electrons. The molecule has 6 heteroatoms. The quantitative estimate of drug-likeness (QED) is 0.825. The van der Waals surface area contributed by atoms with E-state index in [0.29, 0.717) is 37.4 Å². The summed E-state index contributed by atoms with van der Waals surface area (Å²) in [6.45, 7) is 3.40. The lowest BCUT2D eigenvalue weighted by Crippen LogP contribution is -2.46. The van der Waals surface area contributed by atoms with E-state index >= 15 is 0 Å². The van der Waals surface area contributed by atoms with Gasteiger partial charge >= 0.3 is 0 Å². The Morgan fingerprint density at radius 2 is 2.33 bits per heavy atom. The van der Waals surface area contributed by atoms with Crippen LogP contribution in [0.25, 0.3) is 0 Å². The summed E-state index contributed by atoms with van der Waals surface area (Å²) in [6, 6.07) is 9.05. The number of morpholine rings is 1. The molecule has 1 aliphatic rings. The minimum Gasteiger partial charge on any atom is -0.374 e. The molecule has 6 nitrogen and oxygen atoms in total. The number of benzene rings is 1. The van der Waals surface area contributed by atoms with Gasteiger partial charge in [0.2, 0.25) is 5.91 Å². The number of nitrogens with one attached hydrogen (secondary N) is 1. The maximum Gasteiger partial charge on any atom is 0.225 e. The number of rotatable bonds is 5. The third kappa shape index (κ3) is 4.53. The Morgan fingerprint density at radius 1 is 1.52 bits per heavy atom. The van der Waals surface area contributed by atoms with E-state index in [0.717, 1.165) is 13.1 Å². The highest BCUT2D eigenvalue weighted by molar-refractivity contribution is 5.92. The van der Waals surface area contributed by atoms with Crippen LogP contribution in [0.5, 0.6) is 0 Å². The molecule has 0 aliphatic carbocycles. The maximum absolute atomic E-state index is 12.0. The van der Waals surface area contributed by atoms with Crippen molar-refractivity contribution in [3.8, 4) is 6.07 Å². The molecule has 21 heavy (non-hydrogen) atoms. The van der Waals surface area contributed by atoms with Gasteiger partial charge in [0, 0.05) is 32.6 Å². The van der Waals surface area contributed by atoms with Crippen LogP contribution in [0, 0.1) is 11.3 Å². The van der Waals surface area contributed by atoms with Crippen molar-refractivity contribution >= 4 is 11.6 Å². The first kappa shape index (κ1) is 15.4. The lowest BCUT2D eigenvalue weighted by atomic mass is 10.2. The standard InChI is InChI=1S/C15H20N4O2/c16-9-12-3-1-2-4-14(12)18-15(20)5-6-19-7-8-21-13(10-17)11-19/h1-4,13H,5-8,10-11,17H2,(H,18,20). The Kier molecular flexibility index (Phi) is 5.69. The Bertz CT molecular complexity index is 527. The molecule has 1 saturated heterocycles. The van der Waals surface area contributed by atoms with Crippen molar-refractivity contribution < 1.29 is 9.53 Å². The molecular weight excluding hydrogens is 268 g/mol. The first-order valence-corrected chi connectivity index (χ1v) is 7.06. The summed E-state index contributed by atoms with van der Waals surface area (Å²) in [7, 11) is 0. The van der Waals surface area contributed by atoms with E-state index in [1.807, 2.05) is 0 Å². The van der Waals surface area contributed by atoms with Gasteiger partial charge in [-0.05, 0) is 12.1 Å². The van der Waals surface area contributed by atoms with Crippen LogP contribution in [0.1, 0.15) is 12.0 Å². The second-order valence-corrected chi connectivity index (χ2v) is 4.98. The zero-order valence-corrected chi connectivity index (χ0v) is 11.9. The van der Waals surface area contributed by atoms with E-state index in [4.69, 9.17) is 15.7 Å². The molecule has 0 bridgehead atoms. The Labute approximate surface area is 124 Å². The SMILES string of the molecule is N#Cc1ccccc1NC(=O)CCN1CCOC(CN)C1. The van der Waals surface area contributed by atoms with Gasteiger partial charge in [-0.2, -0.15) is 5.26 Å². The van der Waals surface area contributed by atoms with Crippen molar-refractivity contribution in [2.75, 3.05) is 38.1 Å². The van der Waals surface area contributed by atoms with Crippen molar-refractivity contribution in [3.63, 3.8) is 0 Å². The van der Waals surface area contributed by atoms with E-state index in [1.54, 1.807) is 24.3 Å². The van der Waals surface area contributed by atoms with Gasteiger partial charge in [-0.1, -0.05) is 12.1 Å². The van der Waals surface area contributed by atoms with Crippen LogP contribution in [0.2, 0.25) is 0 Å². The second-order valence-electron chi connectivity index (χ2n) is 4.98. The molecule has 1 aliphatic heterocycles. The molecule has 1 fully saturated rings. The summed E-state index contributed by atoms with van der Waals surface area (Å²) in [5.74, 6) is -0.0894. The number of anilines is 1. The van der Waals surface area contributed by atoms with Crippen molar-refractivity contribution in [2.45, 2.75) is 12.5 Å². The number of carbonyl (C=O) groups is 1. The fraction of sp³-hybridized carbons (Fsp3) is 0.467. The summed E-state index contributed by atoms with van der Waals surface area (Å²) < 4.78 is 5.49. The molecule has 0 saturated carbocycles. The predicted octanol–water partition coefficient (Wildman–Crippen LogP) is 0.546. The molecule has 0 aromatic heterocycles. The Balaban J connectivity index is 1.81. The molecule has 3 N–H and O–H groups in total. The van der Waals surface area contributed by atoms with Gasteiger partial charge in [0.1, 0.15) is 6.07 Å². The largest absolute Gasteiger partial charge is 0.374 e. The summed E-state index contributed by atoms with van der Waals surface area (Å²) in [5.41, 5.74) is 6.63.